The van der Waals surface area contributed by atoms with Crippen LogP contribution in [0, 0.1) is 20.8 Å². The lowest BCUT2D eigenvalue weighted by atomic mass is 9.77. The average molecular weight is 808 g/mol. The molecule has 0 bridgehead atoms. The van der Waals surface area contributed by atoms with Crippen LogP contribution in [0.25, 0.3) is 11.6 Å². The number of hydrogen-bond acceptors (Lipinski definition) is 7. The number of anilines is 3. The first-order valence-corrected chi connectivity index (χ1v) is 20.2. The number of ether oxygens (including phenoxy) is 4. The maximum absolute atomic E-state index is 13.1. The third kappa shape index (κ3) is 9.91. The van der Waals surface area contributed by atoms with Crippen LogP contribution < -0.4 is 23.8 Å². The van der Waals surface area contributed by atoms with Crippen LogP contribution in [0.1, 0.15) is 65.3 Å². The largest absolute Gasteiger partial charge is 0.519 e. The first kappa shape index (κ1) is 41.8. The topological polar surface area (TPSA) is 74.3 Å². The molecule has 61 heavy (non-hydrogen) atoms. The minimum Gasteiger partial charge on any atom is -0.497 e. The van der Waals surface area contributed by atoms with Crippen molar-refractivity contribution in [1.82, 2.24) is 0 Å². The fourth-order valence-electron chi connectivity index (χ4n) is 7.24. The molecular weight excluding hydrogens is 759 g/mol. The highest BCUT2D eigenvalue weighted by Gasteiger charge is 2.25. The Bertz CT molecular complexity index is 2660. The van der Waals surface area contributed by atoms with E-state index in [4.69, 9.17) is 18.9 Å². The summed E-state index contributed by atoms with van der Waals surface area (Å²) in [6, 6.07) is 54.3. The van der Waals surface area contributed by atoms with Crippen molar-refractivity contribution >= 4 is 40.8 Å². The van der Waals surface area contributed by atoms with Crippen molar-refractivity contribution in [1.29, 1.82) is 0 Å². The molecule has 7 aromatic carbocycles. The molecule has 0 N–H and O–H groups in total. The summed E-state index contributed by atoms with van der Waals surface area (Å²) in [7, 11) is 1.65. The van der Waals surface area contributed by atoms with Gasteiger partial charge in [0, 0.05) is 29.4 Å². The first-order chi connectivity index (χ1) is 29.4. The first-order valence-electron chi connectivity index (χ1n) is 20.2. The number of para-hydroxylation sites is 1. The van der Waals surface area contributed by atoms with Crippen LogP contribution in [0.15, 0.2) is 164 Å². The lowest BCUT2D eigenvalue weighted by molar-refractivity contribution is -0.131. The van der Waals surface area contributed by atoms with Gasteiger partial charge in [-0.15, -0.1) is 0 Å². The number of carbonyl (C=O) groups excluding carboxylic acids is 2. The summed E-state index contributed by atoms with van der Waals surface area (Å²) >= 11 is 0. The molecule has 306 valence electrons. The summed E-state index contributed by atoms with van der Waals surface area (Å²) in [5.74, 6) is 1.72. The molecule has 0 aliphatic rings. The van der Waals surface area contributed by atoms with Gasteiger partial charge < -0.3 is 23.8 Å². The summed E-state index contributed by atoms with van der Waals surface area (Å²) < 4.78 is 22.1. The minimum absolute atomic E-state index is 0.354. The van der Waals surface area contributed by atoms with Crippen LogP contribution in [0.2, 0.25) is 0 Å². The molecule has 0 amide bonds. The zero-order chi connectivity index (χ0) is 43.1. The normalized spacial score (nSPS) is 11.4. The summed E-state index contributed by atoms with van der Waals surface area (Å²) in [5, 5.41) is 0. The van der Waals surface area contributed by atoms with Crippen LogP contribution >= 0.6 is 0 Å². The maximum Gasteiger partial charge on any atom is 0.519 e. The molecule has 7 heteroatoms. The third-order valence-electron chi connectivity index (χ3n) is 10.8. The Morgan fingerprint density at radius 2 is 1.03 bits per heavy atom. The minimum atomic E-state index is -0.833. The van der Waals surface area contributed by atoms with E-state index in [9.17, 15) is 9.59 Å². The number of carbonyl (C=O) groups is 2. The molecule has 0 radical (unpaired) electrons. The predicted octanol–water partition coefficient (Wildman–Crippen LogP) is 13.5. The molecule has 0 aliphatic carbocycles. The van der Waals surface area contributed by atoms with Crippen LogP contribution in [-0.2, 0) is 10.2 Å². The fourth-order valence-corrected chi connectivity index (χ4v) is 7.24. The SMILES string of the molecule is COc1ccc(C(=Cc2ccc(N(c3ccccc3)c3ccc(C)cc3)cc2)c2ccc(OC(=O)Oc3ccc(C(C)(C)c4ccc(OC(C)=O)c(C)c4)cc3C)cc2)cc1. The number of hydrogen-bond donors (Lipinski definition) is 0. The average Bonchev–Trinajstić information content (AvgIpc) is 3.26. The molecule has 0 aromatic heterocycles. The van der Waals surface area contributed by atoms with Crippen molar-refractivity contribution in [3.05, 3.63) is 208 Å². The van der Waals surface area contributed by atoms with E-state index in [1.54, 1.807) is 25.3 Å². The highest BCUT2D eigenvalue weighted by molar-refractivity contribution is 5.92. The molecule has 7 rings (SSSR count). The van der Waals surface area contributed by atoms with Crippen molar-refractivity contribution in [2.45, 2.75) is 47.0 Å². The van der Waals surface area contributed by atoms with E-state index in [0.717, 1.165) is 67.3 Å². The summed E-state index contributed by atoms with van der Waals surface area (Å²) in [6.07, 6.45) is 1.32. The number of rotatable bonds is 12. The van der Waals surface area contributed by atoms with Crippen molar-refractivity contribution in [2.75, 3.05) is 12.0 Å². The molecule has 7 aromatic rings. The molecule has 0 unspecified atom stereocenters. The summed E-state index contributed by atoms with van der Waals surface area (Å²) in [5.41, 5.74) is 11.7. The monoisotopic (exact) mass is 807 g/mol. The van der Waals surface area contributed by atoms with Crippen LogP contribution in [0.4, 0.5) is 21.9 Å². The van der Waals surface area contributed by atoms with Gasteiger partial charge in [0.05, 0.1) is 7.11 Å². The second kappa shape index (κ2) is 18.3. The van der Waals surface area contributed by atoms with E-state index < -0.39 is 6.16 Å². The lowest BCUT2D eigenvalue weighted by Crippen LogP contribution is -2.20. The lowest BCUT2D eigenvalue weighted by Gasteiger charge is -2.27. The van der Waals surface area contributed by atoms with Crippen LogP contribution in [0.3, 0.4) is 0 Å². The van der Waals surface area contributed by atoms with Crippen LogP contribution in [-0.4, -0.2) is 19.2 Å². The number of methoxy groups -OCH3 is 1. The molecule has 0 spiro atoms. The smallest absolute Gasteiger partial charge is 0.497 e. The van der Waals surface area contributed by atoms with Gasteiger partial charge in [0.25, 0.3) is 0 Å². The Morgan fingerprint density at radius 1 is 0.541 bits per heavy atom. The molecule has 0 saturated carbocycles. The summed E-state index contributed by atoms with van der Waals surface area (Å²) in [4.78, 5) is 26.8. The van der Waals surface area contributed by atoms with Gasteiger partial charge in [-0.2, -0.15) is 0 Å². The zero-order valence-electron chi connectivity index (χ0n) is 35.6. The zero-order valence-corrected chi connectivity index (χ0v) is 35.6. The quantitative estimate of drug-likeness (QED) is 0.0527. The second-order valence-corrected chi connectivity index (χ2v) is 15.5. The van der Waals surface area contributed by atoms with Gasteiger partial charge in [-0.05, 0) is 144 Å². The second-order valence-electron chi connectivity index (χ2n) is 15.5. The highest BCUT2D eigenvalue weighted by Crippen LogP contribution is 2.38. The predicted molar refractivity (Wildman–Crippen MR) is 245 cm³/mol. The molecule has 0 fully saturated rings. The Kier molecular flexibility index (Phi) is 12.5. The van der Waals surface area contributed by atoms with E-state index in [1.807, 2.05) is 86.6 Å². The molecule has 7 nitrogen and oxygen atoms in total. The van der Waals surface area contributed by atoms with E-state index in [1.165, 1.54) is 12.5 Å². The number of esters is 1. The Hall–Kier alpha value is -7.38. The molecule has 0 heterocycles. The third-order valence-corrected chi connectivity index (χ3v) is 10.8. The van der Waals surface area contributed by atoms with Crippen LogP contribution in [0.5, 0.6) is 23.0 Å². The van der Waals surface area contributed by atoms with Gasteiger partial charge in [-0.25, -0.2) is 4.79 Å². The number of aryl methyl sites for hydroxylation is 3. The number of nitrogens with zero attached hydrogens (tertiary/aromatic N) is 1. The van der Waals surface area contributed by atoms with Gasteiger partial charge in [0.2, 0.25) is 0 Å². The van der Waals surface area contributed by atoms with E-state index in [0.29, 0.717) is 17.2 Å². The Labute approximate surface area is 358 Å². The van der Waals surface area contributed by atoms with Gasteiger partial charge in [0.15, 0.2) is 0 Å². The molecule has 0 saturated heterocycles. The molecule has 0 atom stereocenters. The Balaban J connectivity index is 1.09. The van der Waals surface area contributed by atoms with E-state index in [2.05, 4.69) is 105 Å². The molecular formula is C54H49NO6. The maximum atomic E-state index is 13.1. The van der Waals surface area contributed by atoms with Crippen molar-refractivity contribution < 1.29 is 28.5 Å². The van der Waals surface area contributed by atoms with Gasteiger partial charge in [-0.3, -0.25) is 4.79 Å². The van der Waals surface area contributed by atoms with Gasteiger partial charge in [-0.1, -0.05) is 110 Å². The highest BCUT2D eigenvalue weighted by atomic mass is 16.7. The van der Waals surface area contributed by atoms with Crippen molar-refractivity contribution in [3.8, 4) is 23.0 Å². The van der Waals surface area contributed by atoms with Gasteiger partial charge >= 0.3 is 12.1 Å². The van der Waals surface area contributed by atoms with Crippen molar-refractivity contribution in [2.24, 2.45) is 0 Å². The van der Waals surface area contributed by atoms with E-state index in [-0.39, 0.29) is 11.4 Å². The summed E-state index contributed by atoms with van der Waals surface area (Å²) in [6.45, 7) is 11.6. The molecule has 0 aliphatic heterocycles. The standard InChI is InChI=1S/C54H49NO6/c1-36-13-23-46(24-14-36)55(45-11-9-8-10-12-45)47-25-15-40(16-26-47)35-50(41-17-27-48(58-7)28-18-41)42-19-29-49(30-20-42)60-53(57)61-52-32-22-44(34-38(52)3)54(5,6)43-21-31-51(37(2)33-43)59-39(4)56/h8-35H,1-7H3. The number of benzene rings is 7. The van der Waals surface area contributed by atoms with Gasteiger partial charge in [0.1, 0.15) is 23.0 Å². The van der Waals surface area contributed by atoms with E-state index >= 15 is 0 Å². The fraction of sp³-hybridized carbons (Fsp3) is 0.148. The Morgan fingerprint density at radius 3 is 1.54 bits per heavy atom. The van der Waals surface area contributed by atoms with Crippen molar-refractivity contribution in [3.63, 3.8) is 0 Å².